The summed E-state index contributed by atoms with van der Waals surface area (Å²) in [7, 11) is 7.36. The normalized spacial score (nSPS) is 12.6. The van der Waals surface area contributed by atoms with Gasteiger partial charge in [0.25, 0.3) is 0 Å². The molecule has 0 heterocycles. The van der Waals surface area contributed by atoms with Gasteiger partial charge < -0.3 is 25.2 Å². The monoisotopic (exact) mass is 994 g/mol. The van der Waals surface area contributed by atoms with Crippen LogP contribution in [0.15, 0.2) is 158 Å². The van der Waals surface area contributed by atoms with Crippen molar-refractivity contribution in [2.45, 2.75) is 36.8 Å². The van der Waals surface area contributed by atoms with Crippen molar-refractivity contribution >= 4 is 88.8 Å². The number of rotatable bonds is 12. The molecule has 0 radical (unpaired) electrons. The van der Waals surface area contributed by atoms with E-state index < -0.39 is 44.7 Å². The van der Waals surface area contributed by atoms with E-state index in [0.717, 1.165) is 55.6 Å². The van der Waals surface area contributed by atoms with Crippen molar-refractivity contribution in [2.75, 3.05) is 18.6 Å². The van der Waals surface area contributed by atoms with Crippen LogP contribution in [0.4, 0.5) is 9.59 Å². The summed E-state index contributed by atoms with van der Waals surface area (Å²) in [4.78, 5) is 48.0. The molecule has 10 nitrogen and oxygen atoms in total. The van der Waals surface area contributed by atoms with Gasteiger partial charge >= 0.3 is 18.2 Å². The van der Waals surface area contributed by atoms with Gasteiger partial charge in [-0.05, 0) is 67.2 Å². The Morgan fingerprint density at radius 2 is 0.800 bits per heavy atom. The minimum absolute atomic E-state index is 0.0348. The van der Waals surface area contributed by atoms with Crippen molar-refractivity contribution in [3.8, 4) is 22.3 Å². The molecule has 6 aromatic rings. The Balaban J connectivity index is 0.000000214. The molecule has 0 unspecified atom stereocenters. The maximum atomic E-state index is 12.4. The number of fused-ring (bicyclic) bond motifs is 6. The number of ether oxygens (including phenoxy) is 2. The van der Waals surface area contributed by atoms with Gasteiger partial charge in [-0.2, -0.15) is 0 Å². The molecule has 2 atom stereocenters. The van der Waals surface area contributed by atoms with E-state index in [1.165, 1.54) is 0 Å². The highest BCUT2D eigenvalue weighted by Crippen LogP contribution is 2.45. The fourth-order valence-electron chi connectivity index (χ4n) is 7.65. The molecule has 8 rings (SSSR count). The highest BCUT2D eigenvalue weighted by Gasteiger charge is 2.31. The van der Waals surface area contributed by atoms with E-state index >= 15 is 0 Å². The topological polar surface area (TPSA) is 148 Å². The summed E-state index contributed by atoms with van der Waals surface area (Å²) in [6, 6.07) is 49.1. The first-order valence-corrected chi connectivity index (χ1v) is 24.3. The number of aliphatic carboxylic acids is 1. The first kappa shape index (κ1) is 50.6. The largest absolute Gasteiger partial charge is 0.480 e. The summed E-state index contributed by atoms with van der Waals surface area (Å²) in [5.74, 6) is -1.19. The summed E-state index contributed by atoms with van der Waals surface area (Å²) in [6.45, 7) is 0.339. The molecule has 0 saturated heterocycles. The van der Waals surface area contributed by atoms with Crippen molar-refractivity contribution in [1.29, 1.82) is 0 Å². The number of hydrogen-bond acceptors (Lipinski definition) is 7. The number of halogens is 5. The Hall–Kier alpha value is -5.40. The maximum Gasteiger partial charge on any atom is 0.407 e. The number of carboxylic acid groups (broad SMARTS) is 1. The van der Waals surface area contributed by atoms with Crippen LogP contribution in [-0.2, 0) is 41.1 Å². The van der Waals surface area contributed by atoms with E-state index in [2.05, 4.69) is 68.4 Å². The highest BCUT2D eigenvalue weighted by atomic mass is 36.0. The van der Waals surface area contributed by atoms with Gasteiger partial charge in [0.1, 0.15) is 25.3 Å². The number of amides is 2. The molecule has 0 spiro atoms. The summed E-state index contributed by atoms with van der Waals surface area (Å²) < 4.78 is 20.0. The number of nitrogens with one attached hydrogen (secondary N) is 2. The molecule has 0 aromatic heterocycles. The van der Waals surface area contributed by atoms with Crippen LogP contribution in [0.1, 0.15) is 45.2 Å². The van der Waals surface area contributed by atoms with E-state index in [-0.39, 0.29) is 36.8 Å². The SMILES string of the molecule is ClCCl.O=C(N[C@@H](Cc1ccccc1)C(=O)Cl)OCC1c2ccccc2-c2ccccc21.O=C(N[C@@H](Cc1ccccc1)C(=O)O)OCC1c2ccccc2-c2ccccc21.O=S(Cl)Cl. The number of carboxylic acids is 1. The van der Waals surface area contributed by atoms with Crippen LogP contribution in [-0.4, -0.2) is 63.4 Å². The summed E-state index contributed by atoms with van der Waals surface area (Å²) >= 11 is 15.2. The summed E-state index contributed by atoms with van der Waals surface area (Å²) in [5, 5.41) is 14.1. The molecule has 338 valence electrons. The van der Waals surface area contributed by atoms with Crippen LogP contribution in [0.25, 0.3) is 22.3 Å². The number of carbonyl (C=O) groups excluding carboxylic acids is 3. The Morgan fingerprint density at radius 1 is 0.523 bits per heavy atom. The van der Waals surface area contributed by atoms with Crippen LogP contribution >= 0.6 is 56.2 Å². The second kappa shape index (κ2) is 25.9. The third-order valence-electron chi connectivity index (χ3n) is 10.4. The minimum atomic E-state index is -1.67. The molecule has 16 heteroatoms. The molecular weight excluding hydrogens is 954 g/mol. The first-order valence-electron chi connectivity index (χ1n) is 20.0. The lowest BCUT2D eigenvalue weighted by molar-refractivity contribution is -0.139. The lowest BCUT2D eigenvalue weighted by Crippen LogP contribution is -2.42. The van der Waals surface area contributed by atoms with Gasteiger partial charge in [0.05, 0.1) is 5.34 Å². The summed E-state index contributed by atoms with van der Waals surface area (Å²) in [5.41, 5.74) is 10.8. The number of carbonyl (C=O) groups is 4. The van der Waals surface area contributed by atoms with E-state index in [9.17, 15) is 24.3 Å². The number of benzene rings is 6. The lowest BCUT2D eigenvalue weighted by atomic mass is 9.98. The average Bonchev–Trinajstić information content (AvgIpc) is 3.80. The van der Waals surface area contributed by atoms with Gasteiger partial charge in [-0.15, -0.1) is 23.2 Å². The van der Waals surface area contributed by atoms with Gasteiger partial charge in [-0.1, -0.05) is 158 Å². The average molecular weight is 997 g/mol. The Kier molecular flexibility index (Phi) is 20.2. The van der Waals surface area contributed by atoms with Crippen molar-refractivity contribution in [3.63, 3.8) is 0 Å². The van der Waals surface area contributed by atoms with Gasteiger partial charge in [0.15, 0.2) is 0 Å². The maximum absolute atomic E-state index is 12.4. The number of alkyl carbamates (subject to hydrolysis) is 2. The predicted octanol–water partition coefficient (Wildman–Crippen LogP) is 11.6. The molecule has 6 aromatic carbocycles. The zero-order valence-electron chi connectivity index (χ0n) is 34.5. The third-order valence-corrected chi connectivity index (χ3v) is 10.7. The van der Waals surface area contributed by atoms with Crippen LogP contribution in [0.3, 0.4) is 0 Å². The van der Waals surface area contributed by atoms with Gasteiger partial charge in [0, 0.05) is 46.0 Å². The van der Waals surface area contributed by atoms with Crippen LogP contribution in [0.2, 0.25) is 0 Å². The third kappa shape index (κ3) is 14.8. The van der Waals surface area contributed by atoms with Crippen molar-refractivity contribution in [1.82, 2.24) is 10.6 Å². The van der Waals surface area contributed by atoms with E-state index in [0.29, 0.717) is 6.42 Å². The Labute approximate surface area is 403 Å². The molecule has 2 aliphatic rings. The second-order valence-corrected chi connectivity index (χ2v) is 18.1. The van der Waals surface area contributed by atoms with Crippen LogP contribution < -0.4 is 10.6 Å². The van der Waals surface area contributed by atoms with Crippen LogP contribution in [0.5, 0.6) is 0 Å². The molecule has 2 amide bonds. The molecule has 65 heavy (non-hydrogen) atoms. The molecule has 2 aliphatic carbocycles. The smallest absolute Gasteiger partial charge is 0.407 e. The van der Waals surface area contributed by atoms with Crippen molar-refractivity contribution in [2.24, 2.45) is 0 Å². The highest BCUT2D eigenvalue weighted by molar-refractivity contribution is 8.26. The van der Waals surface area contributed by atoms with Gasteiger partial charge in [-0.3, -0.25) is 4.79 Å². The fraction of sp³-hybridized carbons (Fsp3) is 0.184. The molecule has 0 fully saturated rings. The predicted molar refractivity (Wildman–Crippen MR) is 259 cm³/mol. The van der Waals surface area contributed by atoms with Crippen molar-refractivity contribution < 1.29 is 38.0 Å². The number of alkyl halides is 2. The molecule has 0 bridgehead atoms. The number of hydrogen-bond donors (Lipinski definition) is 3. The first-order chi connectivity index (χ1) is 31.4. The van der Waals surface area contributed by atoms with E-state index in [1.807, 2.05) is 121 Å². The fourth-order valence-corrected chi connectivity index (χ4v) is 7.78. The van der Waals surface area contributed by atoms with E-state index in [1.54, 1.807) is 0 Å². The van der Waals surface area contributed by atoms with Gasteiger partial charge in [-0.25, -0.2) is 18.6 Å². The molecule has 0 aliphatic heterocycles. The quantitative estimate of drug-likeness (QED) is 0.0811. The van der Waals surface area contributed by atoms with Gasteiger partial charge in [0.2, 0.25) is 14.5 Å². The van der Waals surface area contributed by atoms with Crippen LogP contribution in [0, 0.1) is 0 Å². The zero-order valence-corrected chi connectivity index (χ0v) is 39.1. The molecule has 3 N–H and O–H groups in total. The Bertz CT molecular complexity index is 2290. The Morgan fingerprint density at radius 3 is 1.11 bits per heavy atom. The molecular formula is C49H43Cl5N2O8S. The zero-order chi connectivity index (χ0) is 46.7. The molecule has 0 saturated carbocycles. The second-order valence-electron chi connectivity index (χ2n) is 14.4. The summed E-state index contributed by atoms with van der Waals surface area (Å²) in [6.07, 6.45) is -0.870. The van der Waals surface area contributed by atoms with E-state index in [4.69, 9.17) is 48.5 Å². The standard InChI is InChI=1S/C24H20ClNO3.C24H21NO4.CH2Cl2.Cl2OS/c25-23(27)22(14-16-8-2-1-3-9-16)26-24(28)29-15-21-19-12-6-4-10-17(19)18-11-5-7-13-20(18)21;26-23(27)22(14-16-8-2-1-3-9-16)25-24(28)29-15-21-19-12-6-4-10-17(19)18-11-5-7-13-20(18)21;2-1-3;1-4(2)3/h1-13,21-22H,14-15H2,(H,26,28);1-13,21-22H,14-15H2,(H,25,28)(H,26,27);1H2;/t2*22-;;/m00../s1. The van der Waals surface area contributed by atoms with Crippen molar-refractivity contribution in [3.05, 3.63) is 191 Å². The lowest BCUT2D eigenvalue weighted by Gasteiger charge is -2.17. The minimum Gasteiger partial charge on any atom is -0.480 e.